The molecule has 1 saturated heterocycles. The molecule has 182 valence electrons. The van der Waals surface area contributed by atoms with Gasteiger partial charge in [0, 0.05) is 24.5 Å². The van der Waals surface area contributed by atoms with Crippen molar-refractivity contribution in [1.29, 1.82) is 5.26 Å². The van der Waals surface area contributed by atoms with Crippen LogP contribution in [0.15, 0.2) is 42.9 Å². The van der Waals surface area contributed by atoms with E-state index in [2.05, 4.69) is 28.1 Å². The van der Waals surface area contributed by atoms with Gasteiger partial charge in [-0.15, -0.1) is 5.10 Å². The van der Waals surface area contributed by atoms with Gasteiger partial charge in [-0.25, -0.2) is 9.67 Å². The maximum atomic E-state index is 13.8. The van der Waals surface area contributed by atoms with Crippen molar-refractivity contribution in [2.45, 2.75) is 51.7 Å². The number of hydrogen-bond donors (Lipinski definition) is 0. The van der Waals surface area contributed by atoms with Crippen LogP contribution < -0.4 is 0 Å². The highest BCUT2D eigenvalue weighted by Gasteiger charge is 2.37. The van der Waals surface area contributed by atoms with Gasteiger partial charge in [0.2, 0.25) is 0 Å². The fourth-order valence-corrected chi connectivity index (χ4v) is 4.56. The molecule has 10 heteroatoms. The SMILES string of the molecule is Cc1ccc(-n2cnc(C(F)(F)F)n2)c(C(=O)N2CCC[C@@H](C)[C@H]2CCc2ccc(C#N)cn2)c1. The molecule has 35 heavy (non-hydrogen) atoms. The summed E-state index contributed by atoms with van der Waals surface area (Å²) in [7, 11) is 0. The molecule has 1 amide bonds. The molecule has 2 aromatic heterocycles. The summed E-state index contributed by atoms with van der Waals surface area (Å²) in [5, 5.41) is 12.5. The molecule has 3 heterocycles. The summed E-state index contributed by atoms with van der Waals surface area (Å²) >= 11 is 0. The number of rotatable bonds is 5. The molecule has 0 bridgehead atoms. The molecule has 1 fully saturated rings. The lowest BCUT2D eigenvalue weighted by molar-refractivity contribution is -0.144. The third-order valence-corrected chi connectivity index (χ3v) is 6.40. The number of piperidine rings is 1. The number of benzene rings is 1. The van der Waals surface area contributed by atoms with Crippen molar-refractivity contribution >= 4 is 5.91 Å². The molecule has 0 unspecified atom stereocenters. The van der Waals surface area contributed by atoms with Crippen LogP contribution in [0.25, 0.3) is 5.69 Å². The number of carbonyl (C=O) groups excluding carboxylic acids is 1. The van der Waals surface area contributed by atoms with Gasteiger partial charge in [-0.1, -0.05) is 18.6 Å². The predicted molar refractivity (Wildman–Crippen MR) is 122 cm³/mol. The Morgan fingerprint density at radius 2 is 2.03 bits per heavy atom. The molecular formula is C25H25F3N6O. The number of nitriles is 1. The van der Waals surface area contributed by atoms with Crippen LogP contribution in [0.3, 0.4) is 0 Å². The van der Waals surface area contributed by atoms with Gasteiger partial charge in [0.05, 0.1) is 16.8 Å². The first-order valence-corrected chi connectivity index (χ1v) is 11.4. The van der Waals surface area contributed by atoms with Gasteiger partial charge < -0.3 is 4.90 Å². The van der Waals surface area contributed by atoms with E-state index in [4.69, 9.17) is 5.26 Å². The third-order valence-electron chi connectivity index (χ3n) is 6.40. The minimum Gasteiger partial charge on any atom is -0.335 e. The van der Waals surface area contributed by atoms with Crippen LogP contribution in [0.4, 0.5) is 13.2 Å². The molecule has 4 rings (SSSR count). The number of amides is 1. The number of aryl methyl sites for hydroxylation is 2. The molecule has 0 spiro atoms. The molecule has 0 saturated carbocycles. The van der Waals surface area contributed by atoms with E-state index in [1.807, 2.05) is 17.9 Å². The second kappa shape index (κ2) is 9.86. The summed E-state index contributed by atoms with van der Waals surface area (Å²) in [6, 6.07) is 10.6. The van der Waals surface area contributed by atoms with E-state index < -0.39 is 12.0 Å². The lowest BCUT2D eigenvalue weighted by Gasteiger charge is -2.40. The van der Waals surface area contributed by atoms with Crippen LogP contribution in [-0.2, 0) is 12.6 Å². The van der Waals surface area contributed by atoms with Crippen LogP contribution >= 0.6 is 0 Å². The molecule has 1 aromatic carbocycles. The standard InChI is InChI=1S/C25H25F3N6O/c1-16-5-9-22(34-15-31-24(32-34)25(26,27)28)20(12-16)23(35)33-11-3-4-17(2)21(33)10-8-19-7-6-18(13-29)14-30-19/h5-7,9,12,14-15,17,21H,3-4,8,10-11H2,1-2H3/t17-,21-/m1/s1. The largest absolute Gasteiger partial charge is 0.453 e. The summed E-state index contributed by atoms with van der Waals surface area (Å²) in [5.41, 5.74) is 2.70. The Hall–Kier alpha value is -3.74. The van der Waals surface area contributed by atoms with Crippen molar-refractivity contribution in [3.8, 4) is 11.8 Å². The van der Waals surface area contributed by atoms with Gasteiger partial charge in [-0.3, -0.25) is 9.78 Å². The molecule has 3 aromatic rings. The van der Waals surface area contributed by atoms with Gasteiger partial charge >= 0.3 is 6.18 Å². The molecule has 0 N–H and O–H groups in total. The molecule has 0 aliphatic carbocycles. The number of carbonyl (C=O) groups is 1. The van der Waals surface area contributed by atoms with E-state index in [-0.39, 0.29) is 23.6 Å². The first-order chi connectivity index (χ1) is 16.7. The second-order valence-corrected chi connectivity index (χ2v) is 8.91. The van der Waals surface area contributed by atoms with Crippen molar-refractivity contribution in [2.75, 3.05) is 6.54 Å². The highest BCUT2D eigenvalue weighted by molar-refractivity contribution is 5.98. The number of aromatic nitrogens is 4. The van der Waals surface area contributed by atoms with Crippen LogP contribution in [0.1, 0.15) is 59.2 Å². The minimum atomic E-state index is -4.67. The molecule has 1 aliphatic heterocycles. The molecular weight excluding hydrogens is 457 g/mol. The zero-order chi connectivity index (χ0) is 25.2. The van der Waals surface area contributed by atoms with Crippen LogP contribution in [0.5, 0.6) is 0 Å². The molecule has 2 atom stereocenters. The molecule has 0 radical (unpaired) electrons. The van der Waals surface area contributed by atoms with E-state index in [1.165, 1.54) is 6.20 Å². The number of pyridine rings is 1. The smallest absolute Gasteiger partial charge is 0.335 e. The van der Waals surface area contributed by atoms with E-state index in [1.54, 1.807) is 24.3 Å². The van der Waals surface area contributed by atoms with Gasteiger partial charge in [-0.2, -0.15) is 18.4 Å². The van der Waals surface area contributed by atoms with Crippen LogP contribution in [0, 0.1) is 24.2 Å². The number of halogens is 3. The zero-order valence-electron chi connectivity index (χ0n) is 19.5. The quantitative estimate of drug-likeness (QED) is 0.525. The summed E-state index contributed by atoms with van der Waals surface area (Å²) in [6.45, 7) is 4.50. The number of alkyl halides is 3. The van der Waals surface area contributed by atoms with Crippen molar-refractivity contribution in [3.63, 3.8) is 0 Å². The van der Waals surface area contributed by atoms with Gasteiger partial charge in [-0.05, 0) is 62.8 Å². The Labute approximate surface area is 201 Å². The zero-order valence-corrected chi connectivity index (χ0v) is 19.5. The van der Waals surface area contributed by atoms with Gasteiger partial charge in [0.1, 0.15) is 12.4 Å². The van der Waals surface area contributed by atoms with Crippen molar-refractivity contribution < 1.29 is 18.0 Å². The summed E-state index contributed by atoms with van der Waals surface area (Å²) in [5.74, 6) is -1.24. The summed E-state index contributed by atoms with van der Waals surface area (Å²) in [4.78, 5) is 23.3. The second-order valence-electron chi connectivity index (χ2n) is 8.91. The van der Waals surface area contributed by atoms with Gasteiger partial charge in [0.25, 0.3) is 11.7 Å². The Balaban J connectivity index is 1.61. The number of hydrogen-bond acceptors (Lipinski definition) is 5. The first kappa shape index (κ1) is 24.4. The fourth-order valence-electron chi connectivity index (χ4n) is 4.56. The van der Waals surface area contributed by atoms with E-state index in [0.29, 0.717) is 30.5 Å². The average molecular weight is 483 g/mol. The monoisotopic (exact) mass is 482 g/mol. The number of likely N-dealkylation sites (tertiary alicyclic amines) is 1. The Bertz CT molecular complexity index is 1250. The maximum absolute atomic E-state index is 13.8. The highest BCUT2D eigenvalue weighted by atomic mass is 19.4. The Morgan fingerprint density at radius 1 is 1.23 bits per heavy atom. The van der Waals surface area contributed by atoms with E-state index >= 15 is 0 Å². The summed E-state index contributed by atoms with van der Waals surface area (Å²) in [6.07, 6.45) is 1.01. The topological polar surface area (TPSA) is 87.7 Å². The molecule has 7 nitrogen and oxygen atoms in total. The van der Waals surface area contributed by atoms with Gasteiger partial charge in [0.15, 0.2) is 0 Å². The highest BCUT2D eigenvalue weighted by Crippen LogP contribution is 2.30. The fraction of sp³-hybridized carbons (Fsp3) is 0.400. The minimum absolute atomic E-state index is 0.0523. The van der Waals surface area contributed by atoms with Crippen LogP contribution in [-0.4, -0.2) is 43.1 Å². The van der Waals surface area contributed by atoms with Crippen LogP contribution in [0.2, 0.25) is 0 Å². The summed E-state index contributed by atoms with van der Waals surface area (Å²) < 4.78 is 40.2. The van der Waals surface area contributed by atoms with Crippen molar-refractivity contribution in [1.82, 2.24) is 24.6 Å². The third kappa shape index (κ3) is 5.34. The molecule has 1 aliphatic rings. The van der Waals surface area contributed by atoms with E-state index in [0.717, 1.165) is 35.1 Å². The Kier molecular flexibility index (Phi) is 6.87. The number of nitrogens with zero attached hydrogens (tertiary/aromatic N) is 6. The Morgan fingerprint density at radius 3 is 2.69 bits per heavy atom. The normalized spacial score (nSPS) is 18.3. The lowest BCUT2D eigenvalue weighted by Crippen LogP contribution is -2.48. The van der Waals surface area contributed by atoms with E-state index in [9.17, 15) is 18.0 Å². The van der Waals surface area contributed by atoms with Crippen molar-refractivity contribution in [3.05, 3.63) is 71.1 Å². The average Bonchev–Trinajstić information content (AvgIpc) is 3.34. The first-order valence-electron chi connectivity index (χ1n) is 11.4. The predicted octanol–water partition coefficient (Wildman–Crippen LogP) is 4.73. The maximum Gasteiger partial charge on any atom is 0.453 e. The van der Waals surface area contributed by atoms with Crippen molar-refractivity contribution in [2.24, 2.45) is 5.92 Å². The lowest BCUT2D eigenvalue weighted by atomic mass is 9.86.